The van der Waals surface area contributed by atoms with Gasteiger partial charge in [-0.25, -0.2) is 4.39 Å². The number of nitrogens with two attached hydrogens (primary N) is 1. The number of nitrogens with one attached hydrogen (secondary N) is 1. The van der Waals surface area contributed by atoms with Crippen molar-refractivity contribution in [1.82, 2.24) is 10.3 Å². The van der Waals surface area contributed by atoms with Crippen LogP contribution < -0.4 is 11.1 Å². The van der Waals surface area contributed by atoms with Gasteiger partial charge in [-0.1, -0.05) is 15.9 Å². The van der Waals surface area contributed by atoms with E-state index in [9.17, 15) is 9.18 Å². The summed E-state index contributed by atoms with van der Waals surface area (Å²) in [4.78, 5) is 15.9. The number of nitrogens with zero attached hydrogens (tertiary/aromatic N) is 1. The number of amides is 1. The van der Waals surface area contributed by atoms with E-state index in [1.54, 1.807) is 24.3 Å². The van der Waals surface area contributed by atoms with Crippen LogP contribution in [0.5, 0.6) is 0 Å². The molecule has 0 unspecified atom stereocenters. The third-order valence-electron chi connectivity index (χ3n) is 2.74. The summed E-state index contributed by atoms with van der Waals surface area (Å²) in [5, 5.41) is 2.63. The number of benzene rings is 1. The topological polar surface area (TPSA) is 68.0 Å². The van der Waals surface area contributed by atoms with Crippen molar-refractivity contribution in [3.05, 3.63) is 63.6 Å². The molecule has 0 atom stereocenters. The molecule has 6 heteroatoms. The Morgan fingerprint density at radius 3 is 2.90 bits per heavy atom. The standard InChI is InChI=1S/C14H13BrFN3O/c15-11-1-2-12(16)10(6-11)8-19-14(20)13-5-9(7-17)3-4-18-13/h1-6H,7-8,17H2,(H,19,20). The number of hydrogen-bond acceptors (Lipinski definition) is 3. The summed E-state index contributed by atoms with van der Waals surface area (Å²) in [5.74, 6) is -0.725. The van der Waals surface area contributed by atoms with E-state index in [1.165, 1.54) is 12.3 Å². The van der Waals surface area contributed by atoms with Crippen LogP contribution >= 0.6 is 15.9 Å². The molecule has 4 nitrogen and oxygen atoms in total. The van der Waals surface area contributed by atoms with Gasteiger partial charge in [0.15, 0.2) is 0 Å². The number of pyridine rings is 1. The van der Waals surface area contributed by atoms with Crippen LogP contribution in [0.2, 0.25) is 0 Å². The Labute approximate surface area is 124 Å². The van der Waals surface area contributed by atoms with Crippen LogP contribution in [0.3, 0.4) is 0 Å². The highest BCUT2D eigenvalue weighted by Crippen LogP contribution is 2.15. The van der Waals surface area contributed by atoms with E-state index in [0.29, 0.717) is 12.1 Å². The van der Waals surface area contributed by atoms with Gasteiger partial charge < -0.3 is 11.1 Å². The zero-order valence-electron chi connectivity index (χ0n) is 10.6. The molecule has 0 aliphatic heterocycles. The van der Waals surface area contributed by atoms with Crippen molar-refractivity contribution in [2.75, 3.05) is 0 Å². The minimum atomic E-state index is -0.364. The Morgan fingerprint density at radius 1 is 1.35 bits per heavy atom. The molecule has 2 aromatic rings. The quantitative estimate of drug-likeness (QED) is 0.899. The van der Waals surface area contributed by atoms with Gasteiger partial charge in [-0.3, -0.25) is 9.78 Å². The Balaban J connectivity index is 2.06. The molecular weight excluding hydrogens is 325 g/mol. The molecule has 20 heavy (non-hydrogen) atoms. The molecule has 0 radical (unpaired) electrons. The Kier molecular flexibility index (Phi) is 4.81. The van der Waals surface area contributed by atoms with Gasteiger partial charge in [-0.15, -0.1) is 0 Å². The zero-order chi connectivity index (χ0) is 14.5. The minimum absolute atomic E-state index is 0.0959. The second-order valence-electron chi connectivity index (χ2n) is 4.17. The molecule has 0 bridgehead atoms. The average Bonchev–Trinajstić information content (AvgIpc) is 2.48. The highest BCUT2D eigenvalue weighted by molar-refractivity contribution is 9.10. The van der Waals surface area contributed by atoms with E-state index in [2.05, 4.69) is 26.2 Å². The zero-order valence-corrected chi connectivity index (χ0v) is 12.2. The maximum Gasteiger partial charge on any atom is 0.270 e. The van der Waals surface area contributed by atoms with Gasteiger partial charge in [0.1, 0.15) is 11.5 Å². The molecule has 0 aliphatic carbocycles. The predicted octanol–water partition coefficient (Wildman–Crippen LogP) is 2.37. The van der Waals surface area contributed by atoms with Crippen molar-refractivity contribution in [3.8, 4) is 0 Å². The van der Waals surface area contributed by atoms with Crippen molar-refractivity contribution in [2.45, 2.75) is 13.1 Å². The summed E-state index contributed by atoms with van der Waals surface area (Å²) in [7, 11) is 0. The van der Waals surface area contributed by atoms with Crippen molar-refractivity contribution < 1.29 is 9.18 Å². The number of hydrogen-bond donors (Lipinski definition) is 2. The fraction of sp³-hybridized carbons (Fsp3) is 0.143. The predicted molar refractivity (Wildman–Crippen MR) is 77.4 cm³/mol. The van der Waals surface area contributed by atoms with E-state index in [4.69, 9.17) is 5.73 Å². The first-order valence-electron chi connectivity index (χ1n) is 5.97. The fourth-order valence-electron chi connectivity index (χ4n) is 1.67. The highest BCUT2D eigenvalue weighted by Gasteiger charge is 2.09. The maximum absolute atomic E-state index is 13.5. The maximum atomic E-state index is 13.5. The smallest absolute Gasteiger partial charge is 0.270 e. The lowest BCUT2D eigenvalue weighted by Crippen LogP contribution is -2.24. The third kappa shape index (κ3) is 3.61. The summed E-state index contributed by atoms with van der Waals surface area (Å²) in [5.41, 5.74) is 7.00. The van der Waals surface area contributed by atoms with Gasteiger partial charge >= 0.3 is 0 Å². The number of carbonyl (C=O) groups is 1. The highest BCUT2D eigenvalue weighted by atomic mass is 79.9. The van der Waals surface area contributed by atoms with Crippen LogP contribution in [0.1, 0.15) is 21.6 Å². The number of aromatic nitrogens is 1. The molecule has 0 aliphatic rings. The van der Waals surface area contributed by atoms with E-state index in [1.807, 2.05) is 0 Å². The van der Waals surface area contributed by atoms with Crippen LogP contribution in [0.15, 0.2) is 41.0 Å². The van der Waals surface area contributed by atoms with Gasteiger partial charge in [0.2, 0.25) is 0 Å². The Hall–Kier alpha value is -1.79. The minimum Gasteiger partial charge on any atom is -0.347 e. The number of halogens is 2. The SMILES string of the molecule is NCc1ccnc(C(=O)NCc2cc(Br)ccc2F)c1. The lowest BCUT2D eigenvalue weighted by Gasteiger charge is -2.07. The lowest BCUT2D eigenvalue weighted by atomic mass is 10.2. The molecule has 0 saturated heterocycles. The van der Waals surface area contributed by atoms with Crippen molar-refractivity contribution in [2.24, 2.45) is 5.73 Å². The van der Waals surface area contributed by atoms with Gasteiger partial charge in [0.05, 0.1) is 0 Å². The molecule has 104 valence electrons. The first-order valence-corrected chi connectivity index (χ1v) is 6.76. The summed E-state index contributed by atoms with van der Waals surface area (Å²) in [6, 6.07) is 7.93. The summed E-state index contributed by atoms with van der Waals surface area (Å²) >= 11 is 3.26. The van der Waals surface area contributed by atoms with Crippen LogP contribution in [0, 0.1) is 5.82 Å². The molecule has 1 heterocycles. The number of carbonyl (C=O) groups excluding carboxylic acids is 1. The molecule has 2 rings (SSSR count). The average molecular weight is 338 g/mol. The van der Waals surface area contributed by atoms with Crippen molar-refractivity contribution in [1.29, 1.82) is 0 Å². The molecule has 0 saturated carbocycles. The lowest BCUT2D eigenvalue weighted by molar-refractivity contribution is 0.0945. The van der Waals surface area contributed by atoms with Crippen LogP contribution in [0.25, 0.3) is 0 Å². The van der Waals surface area contributed by atoms with Crippen LogP contribution in [-0.2, 0) is 13.1 Å². The van der Waals surface area contributed by atoms with Crippen LogP contribution in [-0.4, -0.2) is 10.9 Å². The summed E-state index contributed by atoms with van der Waals surface area (Å²) in [6.07, 6.45) is 1.52. The normalized spacial score (nSPS) is 10.3. The Bertz CT molecular complexity index is 634. The molecular formula is C14H13BrFN3O. The van der Waals surface area contributed by atoms with E-state index >= 15 is 0 Å². The largest absolute Gasteiger partial charge is 0.347 e. The van der Waals surface area contributed by atoms with E-state index < -0.39 is 0 Å². The molecule has 0 spiro atoms. The van der Waals surface area contributed by atoms with E-state index in [0.717, 1.165) is 10.0 Å². The third-order valence-corrected chi connectivity index (χ3v) is 3.23. The Morgan fingerprint density at radius 2 is 2.15 bits per heavy atom. The van der Waals surface area contributed by atoms with Crippen molar-refractivity contribution >= 4 is 21.8 Å². The summed E-state index contributed by atoms with van der Waals surface area (Å²) < 4.78 is 14.3. The molecule has 0 fully saturated rings. The van der Waals surface area contributed by atoms with Gasteiger partial charge in [0, 0.05) is 29.3 Å². The van der Waals surface area contributed by atoms with Gasteiger partial charge in [0.25, 0.3) is 5.91 Å². The van der Waals surface area contributed by atoms with Gasteiger partial charge in [-0.05, 0) is 35.9 Å². The van der Waals surface area contributed by atoms with Crippen LogP contribution in [0.4, 0.5) is 4.39 Å². The monoisotopic (exact) mass is 337 g/mol. The second-order valence-corrected chi connectivity index (χ2v) is 5.09. The number of rotatable bonds is 4. The van der Waals surface area contributed by atoms with Crippen molar-refractivity contribution in [3.63, 3.8) is 0 Å². The molecule has 1 aromatic heterocycles. The molecule has 3 N–H and O–H groups in total. The van der Waals surface area contributed by atoms with E-state index in [-0.39, 0.29) is 24.0 Å². The molecule has 1 amide bonds. The fourth-order valence-corrected chi connectivity index (χ4v) is 2.08. The summed E-state index contributed by atoms with van der Waals surface area (Å²) in [6.45, 7) is 0.432. The first kappa shape index (κ1) is 14.6. The molecule has 1 aromatic carbocycles. The second kappa shape index (κ2) is 6.58. The first-order chi connectivity index (χ1) is 9.60. The van der Waals surface area contributed by atoms with Gasteiger partial charge in [-0.2, -0.15) is 0 Å².